The van der Waals surface area contributed by atoms with Gasteiger partial charge in [-0.3, -0.25) is 0 Å². The second kappa shape index (κ2) is 7.81. The lowest BCUT2D eigenvalue weighted by molar-refractivity contribution is 1.68. The fourth-order valence-corrected chi connectivity index (χ4v) is 8.43. The summed E-state index contributed by atoms with van der Waals surface area (Å²) in [5.41, 5.74) is 5.10. The van der Waals surface area contributed by atoms with Crippen LogP contribution in [0.4, 0.5) is 0 Å². The Morgan fingerprint density at radius 1 is 0.317 bits per heavy atom. The molecule has 0 unspecified atom stereocenters. The highest BCUT2D eigenvalue weighted by molar-refractivity contribution is 7.26. The summed E-state index contributed by atoms with van der Waals surface area (Å²) in [5.74, 6) is 0. The minimum absolute atomic E-state index is 1.26. The van der Waals surface area contributed by atoms with Gasteiger partial charge in [0.2, 0.25) is 0 Å². The van der Waals surface area contributed by atoms with E-state index in [1.165, 1.54) is 96.3 Å². The van der Waals surface area contributed by atoms with Crippen LogP contribution < -0.4 is 0 Å². The van der Waals surface area contributed by atoms with Gasteiger partial charge in [-0.2, -0.15) is 0 Å². The monoisotopic (exact) mass is 534 g/mol. The lowest BCUT2D eigenvalue weighted by Gasteiger charge is -2.15. The van der Waals surface area contributed by atoms with Crippen LogP contribution in [-0.4, -0.2) is 0 Å². The minimum atomic E-state index is 1.26. The van der Waals surface area contributed by atoms with Crippen LogP contribution in [0.1, 0.15) is 0 Å². The van der Waals surface area contributed by atoms with E-state index in [1.54, 1.807) is 0 Å². The Kier molecular flexibility index (Phi) is 4.15. The molecular weight excluding hydrogens is 513 g/mol. The van der Waals surface area contributed by atoms with Crippen molar-refractivity contribution >= 4 is 85.4 Å². The molecular formula is C40H22S. The second-order valence-electron chi connectivity index (χ2n) is 11.3. The summed E-state index contributed by atoms with van der Waals surface area (Å²) in [5, 5.41) is 16.0. The molecule has 0 saturated heterocycles. The maximum Gasteiger partial charge on any atom is 0.0367 e. The molecule has 0 spiro atoms. The highest BCUT2D eigenvalue weighted by Gasteiger charge is 2.15. The number of thiophene rings is 1. The fraction of sp³-hybridized carbons (Fsp3) is 0. The zero-order valence-corrected chi connectivity index (χ0v) is 22.9. The Hall–Kier alpha value is -4.98. The summed E-state index contributed by atoms with van der Waals surface area (Å²) in [4.78, 5) is 0. The first kappa shape index (κ1) is 21.8. The summed E-state index contributed by atoms with van der Waals surface area (Å²) in [6, 6.07) is 50.1. The maximum atomic E-state index is 2.39. The highest BCUT2D eigenvalue weighted by atomic mass is 32.1. The molecule has 0 nitrogen and oxygen atoms in total. The number of benzene rings is 9. The van der Waals surface area contributed by atoms with E-state index >= 15 is 0 Å². The summed E-state index contributed by atoms with van der Waals surface area (Å²) < 4.78 is 2.74. The Morgan fingerprint density at radius 2 is 0.902 bits per heavy atom. The van der Waals surface area contributed by atoms with E-state index in [-0.39, 0.29) is 0 Å². The van der Waals surface area contributed by atoms with E-state index in [1.807, 2.05) is 11.3 Å². The average Bonchev–Trinajstić information content (AvgIpc) is 3.41. The van der Waals surface area contributed by atoms with Crippen molar-refractivity contribution in [1.29, 1.82) is 0 Å². The quantitative estimate of drug-likeness (QED) is 0.193. The summed E-state index contributed by atoms with van der Waals surface area (Å²) in [6.07, 6.45) is 0. The smallest absolute Gasteiger partial charge is 0.0367 e. The van der Waals surface area contributed by atoms with E-state index in [0.29, 0.717) is 0 Å². The molecule has 0 atom stereocenters. The third-order valence-corrected chi connectivity index (χ3v) is 10.2. The number of hydrogen-bond donors (Lipinski definition) is 0. The lowest BCUT2D eigenvalue weighted by Crippen LogP contribution is -1.88. The summed E-state index contributed by atoms with van der Waals surface area (Å²) in [7, 11) is 0. The van der Waals surface area contributed by atoms with Crippen LogP contribution in [0.15, 0.2) is 133 Å². The van der Waals surface area contributed by atoms with Crippen molar-refractivity contribution in [3.63, 3.8) is 0 Å². The van der Waals surface area contributed by atoms with Gasteiger partial charge >= 0.3 is 0 Å². The van der Waals surface area contributed by atoms with Gasteiger partial charge in [0.05, 0.1) is 0 Å². The lowest BCUT2D eigenvalue weighted by atomic mass is 9.88. The van der Waals surface area contributed by atoms with Crippen LogP contribution in [0.25, 0.3) is 96.3 Å². The first-order chi connectivity index (χ1) is 20.3. The van der Waals surface area contributed by atoms with E-state index in [0.717, 1.165) is 0 Å². The van der Waals surface area contributed by atoms with Gasteiger partial charge in [-0.25, -0.2) is 0 Å². The topological polar surface area (TPSA) is 0 Å². The predicted octanol–water partition coefficient (Wildman–Crippen LogP) is 12.0. The van der Waals surface area contributed by atoms with Gasteiger partial charge in [0.1, 0.15) is 0 Å². The molecule has 0 N–H and O–H groups in total. The van der Waals surface area contributed by atoms with E-state index < -0.39 is 0 Å². The van der Waals surface area contributed by atoms with Gasteiger partial charge in [-0.1, -0.05) is 97.1 Å². The van der Waals surface area contributed by atoms with Crippen molar-refractivity contribution in [2.75, 3.05) is 0 Å². The first-order valence-electron chi connectivity index (χ1n) is 14.2. The standard InChI is InChI=1S/C40H22S/c1-4-24-12-13-25-5-2-8-33-34(21-29(7-1)37(24)38(25)33)28-16-11-23-10-15-27(18-31(23)19-28)32-20-30-17-14-26-6-3-9-35-39(26)40(30)36(22-32)41-35/h1-22H. The molecule has 0 aliphatic rings. The summed E-state index contributed by atoms with van der Waals surface area (Å²) >= 11 is 1.91. The zero-order chi connectivity index (χ0) is 26.7. The highest BCUT2D eigenvalue weighted by Crippen LogP contribution is 2.44. The Balaban J connectivity index is 1.18. The Morgan fingerprint density at radius 3 is 1.78 bits per heavy atom. The van der Waals surface area contributed by atoms with Gasteiger partial charge in [-0.05, 0) is 113 Å². The summed E-state index contributed by atoms with van der Waals surface area (Å²) in [6.45, 7) is 0. The van der Waals surface area contributed by atoms with Gasteiger partial charge < -0.3 is 0 Å². The van der Waals surface area contributed by atoms with Crippen LogP contribution in [0.2, 0.25) is 0 Å². The van der Waals surface area contributed by atoms with Crippen LogP contribution >= 0.6 is 11.3 Å². The van der Waals surface area contributed by atoms with Crippen molar-refractivity contribution in [2.24, 2.45) is 0 Å². The molecule has 0 bridgehead atoms. The molecule has 9 aromatic carbocycles. The zero-order valence-electron chi connectivity index (χ0n) is 22.1. The van der Waals surface area contributed by atoms with Crippen LogP contribution in [0, 0.1) is 0 Å². The van der Waals surface area contributed by atoms with Crippen LogP contribution in [0.3, 0.4) is 0 Å². The molecule has 0 fully saturated rings. The second-order valence-corrected chi connectivity index (χ2v) is 12.4. The largest absolute Gasteiger partial charge is 0.135 e. The van der Waals surface area contributed by atoms with Crippen molar-refractivity contribution in [2.45, 2.75) is 0 Å². The van der Waals surface area contributed by atoms with Crippen molar-refractivity contribution in [3.8, 4) is 22.3 Å². The van der Waals surface area contributed by atoms with E-state index in [9.17, 15) is 0 Å². The van der Waals surface area contributed by atoms with Gasteiger partial charge in [0.25, 0.3) is 0 Å². The maximum absolute atomic E-state index is 2.39. The van der Waals surface area contributed by atoms with Crippen molar-refractivity contribution in [3.05, 3.63) is 133 Å². The number of rotatable bonds is 2. The Labute approximate surface area is 240 Å². The molecule has 10 rings (SSSR count). The van der Waals surface area contributed by atoms with Crippen LogP contribution in [-0.2, 0) is 0 Å². The van der Waals surface area contributed by atoms with E-state index in [4.69, 9.17) is 0 Å². The molecule has 0 aliphatic heterocycles. The molecule has 10 aromatic rings. The molecule has 1 heterocycles. The average molecular weight is 535 g/mol. The Bertz CT molecular complexity index is 2630. The normalized spacial score (nSPS) is 12.4. The van der Waals surface area contributed by atoms with Crippen LogP contribution in [0.5, 0.6) is 0 Å². The van der Waals surface area contributed by atoms with Gasteiger partial charge in [0.15, 0.2) is 0 Å². The van der Waals surface area contributed by atoms with E-state index in [2.05, 4.69) is 133 Å². The predicted molar refractivity (Wildman–Crippen MR) is 180 cm³/mol. The number of fused-ring (bicyclic) bond motifs is 1. The molecule has 188 valence electrons. The third-order valence-electron chi connectivity index (χ3n) is 9.10. The molecule has 1 heteroatoms. The fourth-order valence-electron chi connectivity index (χ4n) is 7.22. The minimum Gasteiger partial charge on any atom is -0.135 e. The molecule has 0 radical (unpaired) electrons. The molecule has 0 aliphatic carbocycles. The first-order valence-corrected chi connectivity index (χ1v) is 15.0. The SMILES string of the molecule is c1cc2ccc3cccc4c(-c5ccc6ccc(-c7cc8ccc9cccc%10sc(c7)c8c9%10)cc6c5)cc(c1)c2c34. The number of hydrogen-bond acceptors (Lipinski definition) is 1. The van der Waals surface area contributed by atoms with Crippen molar-refractivity contribution < 1.29 is 0 Å². The third kappa shape index (κ3) is 2.99. The van der Waals surface area contributed by atoms with Gasteiger partial charge in [-0.15, -0.1) is 11.3 Å². The molecule has 0 saturated carbocycles. The molecule has 1 aromatic heterocycles. The molecule has 41 heavy (non-hydrogen) atoms. The van der Waals surface area contributed by atoms with Crippen molar-refractivity contribution in [1.82, 2.24) is 0 Å². The van der Waals surface area contributed by atoms with Gasteiger partial charge in [0, 0.05) is 20.2 Å². The molecule has 0 amide bonds.